The fourth-order valence-corrected chi connectivity index (χ4v) is 5.52. The first-order valence-corrected chi connectivity index (χ1v) is 12.0. The molecule has 172 valence electrons. The summed E-state index contributed by atoms with van der Waals surface area (Å²) in [6.45, 7) is 14.5. The van der Waals surface area contributed by atoms with Gasteiger partial charge in [0.2, 0.25) is 0 Å². The van der Waals surface area contributed by atoms with Crippen LogP contribution in [0.4, 0.5) is 0 Å². The molecule has 0 bridgehead atoms. The molecule has 2 atom stereocenters. The lowest BCUT2D eigenvalue weighted by molar-refractivity contribution is 0.0500. The third kappa shape index (κ3) is 7.49. The Labute approximate surface area is 190 Å². The Morgan fingerprint density at radius 3 is 2.35 bits per heavy atom. The van der Waals surface area contributed by atoms with Gasteiger partial charge in [-0.05, 0) is 63.2 Å². The van der Waals surface area contributed by atoms with Gasteiger partial charge in [-0.25, -0.2) is 0 Å². The lowest BCUT2D eigenvalue weighted by Crippen LogP contribution is -2.36. The number of aryl methyl sites for hydroxylation is 1. The minimum Gasteiger partial charge on any atom is -0.497 e. The average molecular weight is 446 g/mol. The van der Waals surface area contributed by atoms with Crippen LogP contribution in [0.5, 0.6) is 11.5 Å². The minimum atomic E-state index is -0.0713. The lowest BCUT2D eigenvalue weighted by Gasteiger charge is -2.33. The molecule has 5 heteroatoms. The third-order valence-corrected chi connectivity index (χ3v) is 7.17. The smallest absolute Gasteiger partial charge is 0.188 e. The molecule has 0 saturated heterocycles. The van der Waals surface area contributed by atoms with Gasteiger partial charge in [0.05, 0.1) is 7.11 Å². The summed E-state index contributed by atoms with van der Waals surface area (Å²) in [5, 5.41) is 4.99. The van der Waals surface area contributed by atoms with Crippen molar-refractivity contribution in [2.75, 3.05) is 21.0 Å². The molecule has 2 aromatic carbocycles. The number of nitrogens with one attached hydrogen (secondary N) is 1. The SMILES string of the molecule is CCCC(C)(Pc1ccc(C)cc1CNC(C)(C)C)c1cc(OC)ccc1OCOC. The van der Waals surface area contributed by atoms with Crippen LogP contribution in [-0.4, -0.2) is 26.6 Å². The topological polar surface area (TPSA) is 39.7 Å². The summed E-state index contributed by atoms with van der Waals surface area (Å²) in [6, 6.07) is 12.9. The Bertz CT molecular complexity index is 847. The van der Waals surface area contributed by atoms with E-state index in [1.165, 1.54) is 22.0 Å². The number of methoxy groups -OCH3 is 2. The largest absolute Gasteiger partial charge is 0.497 e. The molecule has 0 aliphatic heterocycles. The first-order valence-electron chi connectivity index (χ1n) is 11.0. The van der Waals surface area contributed by atoms with Gasteiger partial charge < -0.3 is 19.5 Å². The fourth-order valence-electron chi connectivity index (χ4n) is 3.73. The number of ether oxygens (including phenoxy) is 3. The van der Waals surface area contributed by atoms with Crippen molar-refractivity contribution in [2.24, 2.45) is 0 Å². The van der Waals surface area contributed by atoms with Crippen molar-refractivity contribution in [1.82, 2.24) is 5.32 Å². The van der Waals surface area contributed by atoms with Crippen LogP contribution in [-0.2, 0) is 16.4 Å². The molecular formula is C26H40NO3P. The molecule has 2 aromatic rings. The molecule has 4 nitrogen and oxygen atoms in total. The number of hydrogen-bond donors (Lipinski definition) is 1. The highest BCUT2D eigenvalue weighted by molar-refractivity contribution is 7.48. The monoisotopic (exact) mass is 445 g/mol. The predicted molar refractivity (Wildman–Crippen MR) is 133 cm³/mol. The molecule has 0 spiro atoms. The summed E-state index contributed by atoms with van der Waals surface area (Å²) in [4.78, 5) is 0. The van der Waals surface area contributed by atoms with Gasteiger partial charge in [0.25, 0.3) is 0 Å². The van der Waals surface area contributed by atoms with E-state index in [9.17, 15) is 0 Å². The van der Waals surface area contributed by atoms with E-state index in [0.717, 1.165) is 30.9 Å². The van der Waals surface area contributed by atoms with Gasteiger partial charge in [-0.1, -0.05) is 52.6 Å². The fraction of sp³-hybridized carbons (Fsp3) is 0.538. The molecule has 0 aliphatic carbocycles. The van der Waals surface area contributed by atoms with Gasteiger partial charge in [0.15, 0.2) is 6.79 Å². The van der Waals surface area contributed by atoms with Gasteiger partial charge in [-0.3, -0.25) is 0 Å². The molecule has 0 radical (unpaired) electrons. The third-order valence-electron chi connectivity index (χ3n) is 5.34. The van der Waals surface area contributed by atoms with Crippen LogP contribution in [0.15, 0.2) is 36.4 Å². The van der Waals surface area contributed by atoms with E-state index in [1.54, 1.807) is 14.2 Å². The van der Waals surface area contributed by atoms with E-state index in [-0.39, 0.29) is 17.5 Å². The second-order valence-corrected chi connectivity index (χ2v) is 11.3. The van der Waals surface area contributed by atoms with Gasteiger partial charge in [0, 0.05) is 29.9 Å². The normalized spacial score (nSPS) is 14.1. The van der Waals surface area contributed by atoms with Crippen LogP contribution in [0.2, 0.25) is 0 Å². The maximum atomic E-state index is 5.97. The first kappa shape index (κ1) is 25.6. The predicted octanol–water partition coefficient (Wildman–Crippen LogP) is 5.89. The molecule has 0 heterocycles. The Morgan fingerprint density at radius 1 is 1.00 bits per heavy atom. The Kier molecular flexibility index (Phi) is 9.36. The van der Waals surface area contributed by atoms with Crippen LogP contribution in [0.25, 0.3) is 0 Å². The van der Waals surface area contributed by atoms with Crippen molar-refractivity contribution >= 4 is 13.9 Å². The van der Waals surface area contributed by atoms with Crippen molar-refractivity contribution in [3.63, 3.8) is 0 Å². The zero-order valence-corrected chi connectivity index (χ0v) is 21.5. The van der Waals surface area contributed by atoms with Crippen LogP contribution in [0, 0.1) is 6.92 Å². The molecule has 0 aromatic heterocycles. The summed E-state index contributed by atoms with van der Waals surface area (Å²) in [5.41, 5.74) is 3.92. The quantitative estimate of drug-likeness (QED) is 0.346. The van der Waals surface area contributed by atoms with Crippen molar-refractivity contribution in [2.45, 2.75) is 71.6 Å². The van der Waals surface area contributed by atoms with E-state index in [1.807, 2.05) is 12.1 Å². The van der Waals surface area contributed by atoms with Crippen LogP contribution < -0.4 is 20.1 Å². The maximum absolute atomic E-state index is 5.97. The molecule has 2 unspecified atom stereocenters. The highest BCUT2D eigenvalue weighted by atomic mass is 31.1. The molecule has 0 fully saturated rings. The summed E-state index contributed by atoms with van der Waals surface area (Å²) in [6.07, 6.45) is 2.15. The maximum Gasteiger partial charge on any atom is 0.188 e. The Balaban J connectivity index is 2.49. The zero-order chi connectivity index (χ0) is 23.1. The van der Waals surface area contributed by atoms with E-state index in [4.69, 9.17) is 14.2 Å². The summed E-state index contributed by atoms with van der Waals surface area (Å²) in [5.74, 6) is 1.72. The van der Waals surface area contributed by atoms with Crippen molar-refractivity contribution in [1.29, 1.82) is 0 Å². The van der Waals surface area contributed by atoms with Crippen molar-refractivity contribution in [3.05, 3.63) is 53.1 Å². The molecule has 2 rings (SSSR count). The lowest BCUT2D eigenvalue weighted by atomic mass is 9.94. The molecule has 31 heavy (non-hydrogen) atoms. The van der Waals surface area contributed by atoms with Crippen molar-refractivity contribution in [3.8, 4) is 11.5 Å². The minimum absolute atomic E-state index is 0.0713. The Morgan fingerprint density at radius 2 is 1.74 bits per heavy atom. The molecule has 1 N–H and O–H groups in total. The highest BCUT2D eigenvalue weighted by Gasteiger charge is 2.31. The first-order chi connectivity index (χ1) is 14.6. The van der Waals surface area contributed by atoms with E-state index in [0.29, 0.717) is 8.58 Å². The molecule has 0 amide bonds. The second kappa shape index (κ2) is 11.3. The summed E-state index contributed by atoms with van der Waals surface area (Å²) in [7, 11) is 3.97. The summed E-state index contributed by atoms with van der Waals surface area (Å²) >= 11 is 0. The molecular weight excluding hydrogens is 405 g/mol. The van der Waals surface area contributed by atoms with Gasteiger partial charge in [0.1, 0.15) is 11.5 Å². The van der Waals surface area contributed by atoms with Gasteiger partial charge >= 0.3 is 0 Å². The van der Waals surface area contributed by atoms with E-state index >= 15 is 0 Å². The number of benzene rings is 2. The zero-order valence-electron chi connectivity index (χ0n) is 20.5. The standard InChI is InChI=1S/C26H40NO3P/c1-9-14-26(6,22-16-21(29-8)11-12-23(22)30-18-28-7)31-24-13-10-19(2)15-20(24)17-27-25(3,4)5/h10-13,15-16,27,31H,9,14,17-18H2,1-8H3. The highest BCUT2D eigenvalue weighted by Crippen LogP contribution is 2.49. The van der Waals surface area contributed by atoms with E-state index < -0.39 is 0 Å². The van der Waals surface area contributed by atoms with Crippen molar-refractivity contribution < 1.29 is 14.2 Å². The number of rotatable bonds is 11. The number of hydrogen-bond acceptors (Lipinski definition) is 4. The van der Waals surface area contributed by atoms with Gasteiger partial charge in [-0.2, -0.15) is 0 Å². The average Bonchev–Trinajstić information content (AvgIpc) is 2.72. The van der Waals surface area contributed by atoms with Crippen LogP contribution in [0.1, 0.15) is 64.2 Å². The van der Waals surface area contributed by atoms with Crippen LogP contribution in [0.3, 0.4) is 0 Å². The molecule has 0 aliphatic rings. The molecule has 0 saturated carbocycles. The summed E-state index contributed by atoms with van der Waals surface area (Å²) < 4.78 is 16.7. The second-order valence-electron chi connectivity index (χ2n) is 9.38. The van der Waals surface area contributed by atoms with Gasteiger partial charge in [-0.15, -0.1) is 0 Å². The van der Waals surface area contributed by atoms with Crippen LogP contribution >= 0.6 is 8.58 Å². The van der Waals surface area contributed by atoms with E-state index in [2.05, 4.69) is 71.1 Å². The Hall–Kier alpha value is -1.61.